The summed E-state index contributed by atoms with van der Waals surface area (Å²) in [7, 11) is 0. The number of aryl methyl sites for hydroxylation is 3. The molecule has 0 spiro atoms. The highest BCUT2D eigenvalue weighted by molar-refractivity contribution is 5.89. The first-order valence-corrected chi connectivity index (χ1v) is 16.5. The van der Waals surface area contributed by atoms with E-state index in [9.17, 15) is 9.59 Å². The number of nitrogens with zero attached hydrogens (tertiary/aromatic N) is 2. The smallest absolute Gasteiger partial charge is 0.303 e. The van der Waals surface area contributed by atoms with Gasteiger partial charge < -0.3 is 20.1 Å². The molecule has 0 unspecified atom stereocenters. The average molecular weight is 608 g/mol. The molecule has 4 N–H and O–H groups in total. The summed E-state index contributed by atoms with van der Waals surface area (Å²) in [6.07, 6.45) is 9.88. The molecule has 0 radical (unpaired) electrons. The predicted molar refractivity (Wildman–Crippen MR) is 183 cm³/mol. The Morgan fingerprint density at radius 2 is 1.22 bits per heavy atom. The van der Waals surface area contributed by atoms with E-state index >= 15 is 0 Å². The van der Waals surface area contributed by atoms with E-state index in [-0.39, 0.29) is 25.2 Å². The van der Waals surface area contributed by atoms with Crippen LogP contribution >= 0.6 is 0 Å². The monoisotopic (exact) mass is 607 g/mol. The van der Waals surface area contributed by atoms with Crippen molar-refractivity contribution >= 4 is 56.6 Å². The Kier molecular flexibility index (Phi) is 10.3. The van der Waals surface area contributed by atoms with Gasteiger partial charge in [-0.05, 0) is 96.8 Å². The first kappa shape index (κ1) is 31.9. The van der Waals surface area contributed by atoms with E-state index in [2.05, 4.69) is 84.0 Å². The van der Waals surface area contributed by atoms with Crippen molar-refractivity contribution in [1.29, 1.82) is 0 Å². The minimum absolute atomic E-state index is 0.0657. The van der Waals surface area contributed by atoms with Crippen molar-refractivity contribution in [1.82, 2.24) is 19.9 Å². The fourth-order valence-electron chi connectivity index (χ4n) is 6.14. The number of amides is 1. The molecule has 1 amide bonds. The van der Waals surface area contributed by atoms with Crippen LogP contribution in [0.4, 0.5) is 0 Å². The number of carbonyl (C=O) groups is 2. The van der Waals surface area contributed by atoms with Gasteiger partial charge in [0.05, 0.1) is 33.3 Å². The third-order valence-corrected chi connectivity index (χ3v) is 8.26. The number of carboxylic acids is 1. The molecule has 236 valence electrons. The van der Waals surface area contributed by atoms with Crippen LogP contribution in [-0.4, -0.2) is 36.9 Å². The molecule has 0 aliphatic carbocycles. The van der Waals surface area contributed by atoms with Gasteiger partial charge in [0, 0.05) is 29.4 Å². The van der Waals surface area contributed by atoms with Crippen LogP contribution in [0.25, 0.3) is 44.7 Å². The van der Waals surface area contributed by atoms with E-state index in [1.165, 1.54) is 11.1 Å². The Balaban J connectivity index is 1.90. The standard InChI is InChI=1S/C37H45N5O3/c1-5-10-23-18-30-31-20-25(12-7-3)29(40-31)22-34(41-35(43)14-9-15-36(44)45)37-26(13-8-4)21-33(42-37)32-19-24(11-6-2)28(39-32)17-16-27(23)38-30/h16-22,38-40H,5-15H2,1-4H3,(H,44,45). The van der Waals surface area contributed by atoms with E-state index in [4.69, 9.17) is 10.1 Å². The number of aliphatic carboxylic acids is 1. The molecular weight excluding hydrogens is 562 g/mol. The zero-order valence-corrected chi connectivity index (χ0v) is 27.0. The van der Waals surface area contributed by atoms with Gasteiger partial charge in [0.25, 0.3) is 0 Å². The highest BCUT2D eigenvalue weighted by Gasteiger charge is 2.16. The number of hydrogen-bond donors (Lipinski definition) is 4. The van der Waals surface area contributed by atoms with Crippen molar-refractivity contribution in [2.45, 2.75) is 98.3 Å². The number of fused-ring (bicyclic) bond motifs is 10. The maximum atomic E-state index is 13.2. The maximum Gasteiger partial charge on any atom is 0.303 e. The second kappa shape index (κ2) is 14.5. The van der Waals surface area contributed by atoms with E-state index in [1.54, 1.807) is 0 Å². The molecule has 0 fully saturated rings. The zero-order valence-electron chi connectivity index (χ0n) is 27.0. The van der Waals surface area contributed by atoms with Gasteiger partial charge in [-0.1, -0.05) is 53.4 Å². The lowest BCUT2D eigenvalue weighted by Crippen LogP contribution is -2.12. The van der Waals surface area contributed by atoms with Gasteiger partial charge in [-0.15, -0.1) is 0 Å². The minimum Gasteiger partial charge on any atom is -0.481 e. The van der Waals surface area contributed by atoms with Crippen LogP contribution in [0, 0.1) is 0 Å². The molecule has 4 aromatic rings. The summed E-state index contributed by atoms with van der Waals surface area (Å²) in [5, 5.41) is 9.60. The normalized spacial score (nSPS) is 12.6. The average Bonchev–Trinajstić information content (AvgIpc) is 3.78. The lowest BCUT2D eigenvalue weighted by atomic mass is 10.1. The third-order valence-electron chi connectivity index (χ3n) is 8.26. The zero-order chi connectivity index (χ0) is 31.9. The number of carboxylic acid groups (broad SMARTS) is 1. The largest absolute Gasteiger partial charge is 0.481 e. The van der Waals surface area contributed by atoms with Gasteiger partial charge in [-0.25, -0.2) is 9.98 Å². The summed E-state index contributed by atoms with van der Waals surface area (Å²) in [6.45, 7) is 8.68. The summed E-state index contributed by atoms with van der Waals surface area (Å²) in [6, 6.07) is 13.0. The molecule has 5 rings (SSSR count). The van der Waals surface area contributed by atoms with E-state index in [1.807, 2.05) is 6.07 Å². The van der Waals surface area contributed by atoms with Crippen molar-refractivity contribution in [2.24, 2.45) is 4.99 Å². The molecule has 8 bridgehead atoms. The number of H-pyrrole nitrogens is 3. The second-order valence-corrected chi connectivity index (χ2v) is 12.0. The molecular formula is C37H45N5O3. The number of carbonyl (C=O) groups excluding carboxylic acids is 1. The summed E-state index contributed by atoms with van der Waals surface area (Å²) in [4.78, 5) is 44.9. The molecule has 8 heteroatoms. The molecule has 45 heavy (non-hydrogen) atoms. The molecule has 0 atom stereocenters. The number of hydrogen-bond acceptors (Lipinski definition) is 3. The molecule has 1 aliphatic rings. The molecule has 0 aromatic carbocycles. The predicted octanol–water partition coefficient (Wildman–Crippen LogP) is 8.41. The lowest BCUT2D eigenvalue weighted by molar-refractivity contribution is -0.137. The van der Waals surface area contributed by atoms with Gasteiger partial charge in [0.2, 0.25) is 5.91 Å². The minimum atomic E-state index is -0.917. The van der Waals surface area contributed by atoms with Crippen LogP contribution < -0.4 is 5.36 Å². The van der Waals surface area contributed by atoms with Gasteiger partial charge in [0.15, 0.2) is 0 Å². The number of rotatable bonds is 12. The Bertz CT molecular complexity index is 1940. The quantitative estimate of drug-likeness (QED) is 0.129. The Labute approximate surface area is 264 Å². The molecule has 0 saturated carbocycles. The number of allylic oxidation sites excluding steroid dienone is 1. The van der Waals surface area contributed by atoms with Gasteiger partial charge in [-0.3, -0.25) is 9.59 Å². The highest BCUT2D eigenvalue weighted by Crippen LogP contribution is 2.28. The van der Waals surface area contributed by atoms with Crippen LogP contribution in [0.2, 0.25) is 0 Å². The SMILES string of the molecule is CCCC1=Cc2nc1c(=NC(=O)CCCC(=O)O)cc1[nH]c(cc1CCC)c1cc(CCC)c(ccc3[nH]c2cc3CCC)[nH]1. The van der Waals surface area contributed by atoms with Crippen molar-refractivity contribution in [3.8, 4) is 0 Å². The van der Waals surface area contributed by atoms with Crippen molar-refractivity contribution in [3.63, 3.8) is 0 Å². The highest BCUT2D eigenvalue weighted by atomic mass is 16.4. The fourth-order valence-corrected chi connectivity index (χ4v) is 6.14. The van der Waals surface area contributed by atoms with Gasteiger partial charge in [-0.2, -0.15) is 0 Å². The van der Waals surface area contributed by atoms with Crippen LogP contribution in [-0.2, 0) is 28.9 Å². The summed E-state index contributed by atoms with van der Waals surface area (Å²) in [5.41, 5.74) is 12.2. The lowest BCUT2D eigenvalue weighted by Gasteiger charge is -2.00. The Hall–Kier alpha value is -4.46. The first-order valence-electron chi connectivity index (χ1n) is 16.5. The summed E-state index contributed by atoms with van der Waals surface area (Å²) >= 11 is 0. The van der Waals surface area contributed by atoms with Crippen LogP contribution in [0.3, 0.4) is 0 Å². The molecule has 4 aromatic heterocycles. The van der Waals surface area contributed by atoms with E-state index in [0.29, 0.717) is 11.1 Å². The van der Waals surface area contributed by atoms with Gasteiger partial charge >= 0.3 is 5.97 Å². The van der Waals surface area contributed by atoms with Crippen molar-refractivity contribution in [3.05, 3.63) is 69.8 Å². The number of nitrogens with one attached hydrogen (secondary N) is 3. The maximum absolute atomic E-state index is 13.2. The fraction of sp³-hybridized carbons (Fsp3) is 0.405. The molecule has 8 nitrogen and oxygen atoms in total. The topological polar surface area (TPSA) is 127 Å². The number of aromatic nitrogens is 4. The van der Waals surface area contributed by atoms with Gasteiger partial charge in [0.1, 0.15) is 0 Å². The van der Waals surface area contributed by atoms with Crippen LogP contribution in [0.1, 0.15) is 107 Å². The summed E-state index contributed by atoms with van der Waals surface area (Å²) < 4.78 is 0. The van der Waals surface area contributed by atoms with Crippen molar-refractivity contribution < 1.29 is 14.7 Å². The Morgan fingerprint density at radius 1 is 0.689 bits per heavy atom. The van der Waals surface area contributed by atoms with Crippen LogP contribution in [0.15, 0.2) is 41.4 Å². The second-order valence-electron chi connectivity index (χ2n) is 12.0. The van der Waals surface area contributed by atoms with Crippen LogP contribution in [0.5, 0.6) is 0 Å². The Morgan fingerprint density at radius 3 is 1.80 bits per heavy atom. The van der Waals surface area contributed by atoms with E-state index < -0.39 is 5.97 Å². The van der Waals surface area contributed by atoms with Crippen molar-refractivity contribution in [2.75, 3.05) is 0 Å². The summed E-state index contributed by atoms with van der Waals surface area (Å²) in [5.74, 6) is -1.26. The molecule has 1 aliphatic heterocycles. The molecule has 0 saturated heterocycles. The number of aromatic amines is 3. The first-order chi connectivity index (χ1) is 21.8. The molecule has 5 heterocycles. The van der Waals surface area contributed by atoms with E-state index in [0.717, 1.165) is 101 Å². The third kappa shape index (κ3) is 7.44.